The van der Waals surface area contributed by atoms with Gasteiger partial charge in [-0.1, -0.05) is 35.2 Å². The van der Waals surface area contributed by atoms with Crippen LogP contribution in [-0.4, -0.2) is 15.0 Å². The average molecular weight is 335 g/mol. The number of hydrogen-bond acceptors (Lipinski definition) is 5. The number of halogens is 1. The van der Waals surface area contributed by atoms with Crippen LogP contribution >= 0.6 is 35.2 Å². The van der Waals surface area contributed by atoms with Crippen molar-refractivity contribution in [2.24, 2.45) is 5.73 Å². The Labute approximate surface area is 136 Å². The lowest BCUT2D eigenvalue weighted by Gasteiger charge is -2.08. The number of nitrogens with zero attached hydrogens (tertiary/aromatic N) is 2. The highest BCUT2D eigenvalue weighted by molar-refractivity contribution is 7.80. The minimum Gasteiger partial charge on any atom is -0.389 e. The molecule has 3 aromatic rings. The number of fused-ring (bicyclic) bond motifs is 1. The van der Waals surface area contributed by atoms with E-state index in [0.29, 0.717) is 21.4 Å². The molecule has 3 N–H and O–H groups in total. The summed E-state index contributed by atoms with van der Waals surface area (Å²) in [5.74, 6) is 0.618. The number of thiazole rings is 1. The second-order valence-corrected chi connectivity index (χ2v) is 6.38. The molecule has 0 aliphatic rings. The number of aryl methyl sites for hydroxylation is 1. The fourth-order valence-electron chi connectivity index (χ4n) is 1.90. The zero-order valence-electron chi connectivity index (χ0n) is 11.1. The van der Waals surface area contributed by atoms with Crippen LogP contribution in [0.2, 0.25) is 5.02 Å². The van der Waals surface area contributed by atoms with E-state index in [9.17, 15) is 0 Å². The van der Waals surface area contributed by atoms with Crippen LogP contribution in [0.3, 0.4) is 0 Å². The molecule has 21 heavy (non-hydrogen) atoms. The van der Waals surface area contributed by atoms with Crippen LogP contribution in [0, 0.1) is 6.92 Å². The number of anilines is 2. The zero-order chi connectivity index (χ0) is 15.0. The van der Waals surface area contributed by atoms with Gasteiger partial charge in [0, 0.05) is 10.7 Å². The first-order chi connectivity index (χ1) is 10.0. The van der Waals surface area contributed by atoms with E-state index >= 15 is 0 Å². The molecular formula is C14H11ClN4S2. The number of nitrogens with one attached hydrogen (secondary N) is 1. The molecule has 0 saturated heterocycles. The highest BCUT2D eigenvalue weighted by Crippen LogP contribution is 2.30. The number of nitrogens with two attached hydrogens (primary N) is 1. The predicted molar refractivity (Wildman–Crippen MR) is 92.8 cm³/mol. The lowest BCUT2D eigenvalue weighted by molar-refractivity contribution is 1.19. The molecule has 0 amide bonds. The number of pyridine rings is 1. The average Bonchev–Trinajstić information content (AvgIpc) is 2.79. The quantitative estimate of drug-likeness (QED) is 0.708. The molecule has 0 radical (unpaired) electrons. The van der Waals surface area contributed by atoms with Gasteiger partial charge in [0.1, 0.15) is 10.8 Å². The zero-order valence-corrected chi connectivity index (χ0v) is 13.4. The van der Waals surface area contributed by atoms with E-state index in [1.54, 1.807) is 0 Å². The first-order valence-corrected chi connectivity index (χ1v) is 7.74. The molecule has 7 heteroatoms. The van der Waals surface area contributed by atoms with Crippen LogP contribution in [-0.2, 0) is 0 Å². The summed E-state index contributed by atoms with van der Waals surface area (Å²) in [6.07, 6.45) is 0. The van der Waals surface area contributed by atoms with Gasteiger partial charge in [0.25, 0.3) is 0 Å². The van der Waals surface area contributed by atoms with Crippen molar-refractivity contribution in [1.82, 2.24) is 9.97 Å². The van der Waals surface area contributed by atoms with Gasteiger partial charge in [-0.15, -0.1) is 0 Å². The van der Waals surface area contributed by atoms with Crippen molar-refractivity contribution in [3.05, 3.63) is 46.6 Å². The summed E-state index contributed by atoms with van der Waals surface area (Å²) in [4.78, 5) is 9.24. The molecule has 0 unspecified atom stereocenters. The lowest BCUT2D eigenvalue weighted by atomic mass is 10.2. The fourth-order valence-corrected chi connectivity index (χ4v) is 3.21. The number of aromatic nitrogens is 2. The van der Waals surface area contributed by atoms with Crippen molar-refractivity contribution in [1.29, 1.82) is 0 Å². The molecule has 0 spiro atoms. The third-order valence-corrected chi connectivity index (χ3v) is 4.26. The van der Waals surface area contributed by atoms with Crippen LogP contribution in [0.4, 0.5) is 10.9 Å². The molecule has 0 fully saturated rings. The smallest absolute Gasteiger partial charge is 0.189 e. The second-order valence-electron chi connectivity index (χ2n) is 4.47. The summed E-state index contributed by atoms with van der Waals surface area (Å²) in [7, 11) is 0. The number of rotatable bonds is 3. The summed E-state index contributed by atoms with van der Waals surface area (Å²) in [6, 6.07) is 9.32. The molecule has 2 heterocycles. The number of benzene rings is 1. The highest BCUT2D eigenvalue weighted by Gasteiger charge is 2.10. The molecule has 0 saturated carbocycles. The molecule has 2 aromatic heterocycles. The molecule has 0 aliphatic heterocycles. The maximum absolute atomic E-state index is 5.99. The Hall–Kier alpha value is -1.76. The number of thiocarbonyl (C=S) groups is 1. The molecule has 3 rings (SSSR count). The second kappa shape index (κ2) is 5.55. The van der Waals surface area contributed by atoms with Gasteiger partial charge in [0.15, 0.2) is 5.13 Å². The Kier molecular flexibility index (Phi) is 3.75. The summed E-state index contributed by atoms with van der Waals surface area (Å²) in [5, 5.41) is 4.60. The molecule has 1 aromatic carbocycles. The monoisotopic (exact) mass is 334 g/mol. The van der Waals surface area contributed by atoms with Gasteiger partial charge >= 0.3 is 0 Å². The topological polar surface area (TPSA) is 63.8 Å². The molecular weight excluding hydrogens is 324 g/mol. The standard InChI is InChI=1S/C14H11ClN4S2/c1-7-2-4-9(12(16)20)13(17-7)19-14-18-10-5-3-8(15)6-11(10)21-14/h2-6H,1H3,(H2,16,20)(H,17,18,19). The molecule has 0 bridgehead atoms. The van der Waals surface area contributed by atoms with Crippen LogP contribution < -0.4 is 11.1 Å². The van der Waals surface area contributed by atoms with Crippen molar-refractivity contribution < 1.29 is 0 Å². The normalized spacial score (nSPS) is 10.8. The summed E-state index contributed by atoms with van der Waals surface area (Å²) < 4.78 is 1.01. The summed E-state index contributed by atoms with van der Waals surface area (Å²) >= 11 is 12.5. The third-order valence-electron chi connectivity index (χ3n) is 2.88. The van der Waals surface area contributed by atoms with Crippen molar-refractivity contribution in [3.8, 4) is 0 Å². The molecule has 0 atom stereocenters. The summed E-state index contributed by atoms with van der Waals surface area (Å²) in [6.45, 7) is 1.91. The fraction of sp³-hybridized carbons (Fsp3) is 0.0714. The van der Waals surface area contributed by atoms with Crippen LogP contribution in [0.1, 0.15) is 11.3 Å². The maximum Gasteiger partial charge on any atom is 0.189 e. The van der Waals surface area contributed by atoms with Gasteiger partial charge in [-0.2, -0.15) is 0 Å². The van der Waals surface area contributed by atoms with Gasteiger partial charge in [-0.05, 0) is 37.3 Å². The van der Waals surface area contributed by atoms with Crippen LogP contribution in [0.25, 0.3) is 10.2 Å². The highest BCUT2D eigenvalue weighted by atomic mass is 35.5. The first kappa shape index (κ1) is 14.2. The van der Waals surface area contributed by atoms with E-state index in [1.807, 2.05) is 37.3 Å². The van der Waals surface area contributed by atoms with Gasteiger partial charge < -0.3 is 11.1 Å². The SMILES string of the molecule is Cc1ccc(C(N)=S)c(Nc2nc3ccc(Cl)cc3s2)n1. The van der Waals surface area contributed by atoms with E-state index in [2.05, 4.69) is 15.3 Å². The number of hydrogen-bond donors (Lipinski definition) is 2. The van der Waals surface area contributed by atoms with Crippen LogP contribution in [0.15, 0.2) is 30.3 Å². The minimum absolute atomic E-state index is 0.300. The van der Waals surface area contributed by atoms with E-state index in [0.717, 1.165) is 21.0 Å². The van der Waals surface area contributed by atoms with Crippen molar-refractivity contribution in [3.63, 3.8) is 0 Å². The van der Waals surface area contributed by atoms with Crippen molar-refractivity contribution in [2.45, 2.75) is 6.92 Å². The molecule has 106 valence electrons. The third kappa shape index (κ3) is 2.97. The van der Waals surface area contributed by atoms with E-state index in [-0.39, 0.29) is 0 Å². The van der Waals surface area contributed by atoms with Crippen LogP contribution in [0.5, 0.6) is 0 Å². The van der Waals surface area contributed by atoms with E-state index in [1.165, 1.54) is 11.3 Å². The van der Waals surface area contributed by atoms with Crippen molar-refractivity contribution in [2.75, 3.05) is 5.32 Å². The molecule has 4 nitrogen and oxygen atoms in total. The van der Waals surface area contributed by atoms with Gasteiger partial charge in [0.2, 0.25) is 0 Å². The Balaban J connectivity index is 2.02. The van der Waals surface area contributed by atoms with Gasteiger partial charge in [0.05, 0.1) is 15.8 Å². The Morgan fingerprint density at radius 1 is 1.29 bits per heavy atom. The lowest BCUT2D eigenvalue weighted by Crippen LogP contribution is -2.13. The van der Waals surface area contributed by atoms with Gasteiger partial charge in [-0.3, -0.25) is 0 Å². The largest absolute Gasteiger partial charge is 0.389 e. The van der Waals surface area contributed by atoms with Crippen molar-refractivity contribution >= 4 is 61.3 Å². The Morgan fingerprint density at radius 2 is 2.10 bits per heavy atom. The minimum atomic E-state index is 0.300. The summed E-state index contributed by atoms with van der Waals surface area (Å²) in [5.41, 5.74) is 8.19. The van der Waals surface area contributed by atoms with Gasteiger partial charge in [-0.25, -0.2) is 9.97 Å². The predicted octanol–water partition coefficient (Wildman–Crippen LogP) is 4.03. The van der Waals surface area contributed by atoms with E-state index in [4.69, 9.17) is 29.6 Å². The Morgan fingerprint density at radius 3 is 2.86 bits per heavy atom. The first-order valence-electron chi connectivity index (χ1n) is 6.13. The molecule has 0 aliphatic carbocycles. The van der Waals surface area contributed by atoms with E-state index < -0.39 is 0 Å². The maximum atomic E-state index is 5.99. The Bertz CT molecular complexity index is 844.